The van der Waals surface area contributed by atoms with E-state index in [1.54, 1.807) is 0 Å². The quantitative estimate of drug-likeness (QED) is 0.863. The summed E-state index contributed by atoms with van der Waals surface area (Å²) in [5, 5.41) is 0. The largest absolute Gasteiger partial charge is 0.491 e. The van der Waals surface area contributed by atoms with Crippen LogP contribution in [0.5, 0.6) is 5.75 Å². The Morgan fingerprint density at radius 3 is 2.31 bits per heavy atom. The van der Waals surface area contributed by atoms with E-state index in [4.69, 9.17) is 5.73 Å². The van der Waals surface area contributed by atoms with Crippen molar-refractivity contribution < 1.29 is 17.9 Å². The van der Waals surface area contributed by atoms with Crippen LogP contribution in [-0.4, -0.2) is 13.7 Å². The molecule has 88 valence electrons. The Balaban J connectivity index is 3.00. The van der Waals surface area contributed by atoms with E-state index in [1.807, 2.05) is 0 Å². The first-order chi connectivity index (χ1) is 7.62. The molecule has 0 aromatic heterocycles. The number of methoxy groups -OCH3 is 1. The Labute approximate surface area is 91.5 Å². The van der Waals surface area contributed by atoms with Crippen molar-refractivity contribution in [2.75, 3.05) is 13.7 Å². The van der Waals surface area contributed by atoms with E-state index in [0.717, 1.165) is 12.1 Å². The summed E-state index contributed by atoms with van der Waals surface area (Å²) < 4.78 is 43.3. The van der Waals surface area contributed by atoms with Gasteiger partial charge in [-0.25, -0.2) is 13.2 Å². The van der Waals surface area contributed by atoms with Gasteiger partial charge in [-0.2, -0.15) is 0 Å². The highest BCUT2D eigenvalue weighted by molar-refractivity contribution is 5.33. The first-order valence-electron chi connectivity index (χ1n) is 4.62. The molecule has 1 aromatic rings. The molecular formula is C11H12F3NO. The lowest BCUT2D eigenvalue weighted by Gasteiger charge is -2.07. The van der Waals surface area contributed by atoms with Crippen molar-refractivity contribution in [3.63, 3.8) is 0 Å². The van der Waals surface area contributed by atoms with Gasteiger partial charge in [0, 0.05) is 6.54 Å². The Morgan fingerprint density at radius 1 is 1.38 bits per heavy atom. The van der Waals surface area contributed by atoms with Gasteiger partial charge in [0.1, 0.15) is 0 Å². The predicted octanol–water partition coefficient (Wildman–Crippen LogP) is 2.33. The normalized spacial score (nSPS) is 11.7. The number of halogens is 3. The summed E-state index contributed by atoms with van der Waals surface area (Å²) >= 11 is 0. The number of benzene rings is 1. The number of hydrogen-bond acceptors (Lipinski definition) is 2. The topological polar surface area (TPSA) is 35.2 Å². The van der Waals surface area contributed by atoms with Crippen molar-refractivity contribution >= 4 is 0 Å². The monoisotopic (exact) mass is 231 g/mol. The summed E-state index contributed by atoms with van der Waals surface area (Å²) in [6.07, 6.45) is 0.422. The first kappa shape index (κ1) is 12.6. The molecule has 0 spiro atoms. The van der Waals surface area contributed by atoms with Gasteiger partial charge < -0.3 is 10.5 Å². The molecule has 2 nitrogen and oxygen atoms in total. The summed E-state index contributed by atoms with van der Waals surface area (Å²) in [7, 11) is 1.17. The van der Waals surface area contributed by atoms with Crippen molar-refractivity contribution in [3.8, 4) is 5.75 Å². The average Bonchev–Trinajstić information content (AvgIpc) is 2.25. The second-order valence-electron chi connectivity index (χ2n) is 3.24. The number of nitrogens with two attached hydrogens (primary N) is 1. The van der Waals surface area contributed by atoms with Gasteiger partial charge in [-0.3, -0.25) is 0 Å². The molecule has 0 saturated heterocycles. The van der Waals surface area contributed by atoms with Crippen LogP contribution >= 0.6 is 0 Å². The van der Waals surface area contributed by atoms with Crippen molar-refractivity contribution in [2.45, 2.75) is 6.42 Å². The Hall–Kier alpha value is -1.49. The van der Waals surface area contributed by atoms with Crippen LogP contribution in [0.3, 0.4) is 0 Å². The molecule has 1 rings (SSSR count). The molecule has 5 heteroatoms. The maximum absolute atomic E-state index is 13.3. The molecule has 0 fully saturated rings. The number of ether oxygens (including phenoxy) is 1. The summed E-state index contributed by atoms with van der Waals surface area (Å²) in [4.78, 5) is 0. The van der Waals surface area contributed by atoms with Crippen LogP contribution in [-0.2, 0) is 6.42 Å². The van der Waals surface area contributed by atoms with E-state index < -0.39 is 17.4 Å². The van der Waals surface area contributed by atoms with Crippen molar-refractivity contribution in [2.24, 2.45) is 5.73 Å². The SMILES string of the molecule is COc1c(F)cc(C/C(=C\F)CN)cc1F. The van der Waals surface area contributed by atoms with Crippen LogP contribution in [0, 0.1) is 11.6 Å². The van der Waals surface area contributed by atoms with E-state index in [0.29, 0.717) is 11.9 Å². The fourth-order valence-electron chi connectivity index (χ4n) is 1.33. The van der Waals surface area contributed by atoms with Crippen molar-refractivity contribution in [1.82, 2.24) is 0 Å². The summed E-state index contributed by atoms with van der Waals surface area (Å²) in [5.41, 5.74) is 5.82. The molecule has 0 aliphatic carbocycles. The smallest absolute Gasteiger partial charge is 0.190 e. The Kier molecular flexibility index (Phi) is 4.37. The van der Waals surface area contributed by atoms with Gasteiger partial charge in [0.2, 0.25) is 0 Å². The molecule has 0 amide bonds. The zero-order chi connectivity index (χ0) is 12.1. The highest BCUT2D eigenvalue weighted by Gasteiger charge is 2.12. The number of rotatable bonds is 4. The van der Waals surface area contributed by atoms with Gasteiger partial charge in [-0.05, 0) is 29.7 Å². The van der Waals surface area contributed by atoms with Crippen LogP contribution in [0.1, 0.15) is 5.56 Å². The van der Waals surface area contributed by atoms with E-state index in [2.05, 4.69) is 4.74 Å². The van der Waals surface area contributed by atoms with Crippen LogP contribution in [0.2, 0.25) is 0 Å². The molecule has 0 unspecified atom stereocenters. The predicted molar refractivity (Wildman–Crippen MR) is 54.9 cm³/mol. The van der Waals surface area contributed by atoms with Gasteiger partial charge in [0.05, 0.1) is 13.4 Å². The third kappa shape index (κ3) is 2.76. The van der Waals surface area contributed by atoms with Crippen LogP contribution < -0.4 is 10.5 Å². The maximum Gasteiger partial charge on any atom is 0.190 e. The van der Waals surface area contributed by atoms with Gasteiger partial charge >= 0.3 is 0 Å². The lowest BCUT2D eigenvalue weighted by molar-refractivity contribution is 0.359. The highest BCUT2D eigenvalue weighted by Crippen LogP contribution is 2.23. The molecule has 0 aliphatic rings. The van der Waals surface area contributed by atoms with Gasteiger partial charge in [-0.15, -0.1) is 0 Å². The fourth-order valence-corrected chi connectivity index (χ4v) is 1.33. The van der Waals surface area contributed by atoms with Gasteiger partial charge in [0.15, 0.2) is 17.4 Å². The molecule has 0 atom stereocenters. The third-order valence-corrected chi connectivity index (χ3v) is 2.11. The molecule has 2 N–H and O–H groups in total. The van der Waals surface area contributed by atoms with E-state index in [-0.39, 0.29) is 18.5 Å². The third-order valence-electron chi connectivity index (χ3n) is 2.11. The van der Waals surface area contributed by atoms with E-state index in [1.165, 1.54) is 7.11 Å². The fraction of sp³-hybridized carbons (Fsp3) is 0.273. The van der Waals surface area contributed by atoms with E-state index >= 15 is 0 Å². The van der Waals surface area contributed by atoms with Crippen LogP contribution in [0.4, 0.5) is 13.2 Å². The molecule has 0 aliphatic heterocycles. The molecule has 1 aromatic carbocycles. The molecular weight excluding hydrogens is 219 g/mol. The van der Waals surface area contributed by atoms with Gasteiger partial charge in [0.25, 0.3) is 0 Å². The zero-order valence-electron chi connectivity index (χ0n) is 8.77. The maximum atomic E-state index is 13.3. The lowest BCUT2D eigenvalue weighted by atomic mass is 10.1. The minimum absolute atomic E-state index is 0.00572. The second-order valence-corrected chi connectivity index (χ2v) is 3.24. The first-order valence-corrected chi connectivity index (χ1v) is 4.62. The molecule has 0 heterocycles. The second kappa shape index (κ2) is 5.55. The van der Waals surface area contributed by atoms with Crippen molar-refractivity contribution in [1.29, 1.82) is 0 Å². The Bertz CT molecular complexity index is 381. The standard InChI is InChI=1S/C11H12F3NO/c1-16-11-9(13)3-7(4-10(11)14)2-8(5-12)6-15/h3-5H,2,6,15H2,1H3/b8-5+. The number of hydrogen-bond donors (Lipinski definition) is 1. The summed E-state index contributed by atoms with van der Waals surface area (Å²) in [6, 6.07) is 2.20. The van der Waals surface area contributed by atoms with E-state index in [9.17, 15) is 13.2 Å². The average molecular weight is 231 g/mol. The lowest BCUT2D eigenvalue weighted by Crippen LogP contribution is -2.06. The van der Waals surface area contributed by atoms with Gasteiger partial charge in [-0.1, -0.05) is 0 Å². The molecule has 0 bridgehead atoms. The highest BCUT2D eigenvalue weighted by atomic mass is 19.1. The minimum Gasteiger partial charge on any atom is -0.491 e. The zero-order valence-corrected chi connectivity index (χ0v) is 8.77. The molecule has 0 saturated carbocycles. The molecule has 0 radical (unpaired) electrons. The summed E-state index contributed by atoms with van der Waals surface area (Å²) in [5.74, 6) is -2.07. The van der Waals surface area contributed by atoms with Crippen LogP contribution in [0.25, 0.3) is 0 Å². The minimum atomic E-state index is -0.812. The van der Waals surface area contributed by atoms with Crippen molar-refractivity contribution in [3.05, 3.63) is 41.2 Å². The summed E-state index contributed by atoms with van der Waals surface area (Å²) in [6.45, 7) is 0.00572. The van der Waals surface area contributed by atoms with Crippen LogP contribution in [0.15, 0.2) is 24.0 Å². The Morgan fingerprint density at radius 2 is 1.94 bits per heavy atom. The molecule has 16 heavy (non-hydrogen) atoms.